The van der Waals surface area contributed by atoms with Crippen LogP contribution in [-0.2, 0) is 6.42 Å². The predicted molar refractivity (Wildman–Crippen MR) is 131 cm³/mol. The molecule has 1 fully saturated rings. The molecule has 0 radical (unpaired) electrons. The number of ether oxygens (including phenoxy) is 1. The summed E-state index contributed by atoms with van der Waals surface area (Å²) in [6, 6.07) is 14.3. The summed E-state index contributed by atoms with van der Waals surface area (Å²) >= 11 is 0. The number of nitrogens with zero attached hydrogens (tertiary/aromatic N) is 6. The molecule has 172 valence electrons. The fourth-order valence-electron chi connectivity index (χ4n) is 4.62. The van der Waals surface area contributed by atoms with Gasteiger partial charge in [0, 0.05) is 47.9 Å². The molecule has 34 heavy (non-hydrogen) atoms. The molecule has 1 aliphatic heterocycles. The molecule has 1 aliphatic rings. The Morgan fingerprint density at radius 3 is 2.65 bits per heavy atom. The third kappa shape index (κ3) is 4.37. The molecule has 0 unspecified atom stereocenters. The number of hydrogen-bond donors (Lipinski definition) is 0. The van der Waals surface area contributed by atoms with E-state index in [9.17, 15) is 5.26 Å². The Kier molecular flexibility index (Phi) is 6.24. The Morgan fingerprint density at radius 1 is 1.12 bits per heavy atom. The van der Waals surface area contributed by atoms with Crippen LogP contribution in [0.3, 0.4) is 0 Å². The van der Waals surface area contributed by atoms with E-state index in [0.717, 1.165) is 59.7 Å². The largest absolute Gasteiger partial charge is 0.464 e. The minimum Gasteiger partial charge on any atom is -0.464 e. The number of aromatic nitrogens is 4. The van der Waals surface area contributed by atoms with Crippen LogP contribution in [0, 0.1) is 17.2 Å². The standard InChI is InChI=1S/C27H28N6O/c1-3-23-11-10-22(16-30-23)24-25(21-8-6-19(15-28)7-9-21)31-27(33-14-12-29-26(24)33)34-18-20-5-4-13-32(2)17-20/h6-12,14,16,20H,3-5,13,17-18H2,1-2H3/t20-/m1/s1. The zero-order valence-electron chi connectivity index (χ0n) is 19.6. The number of likely N-dealkylation sites (tertiary alicyclic amines) is 1. The average Bonchev–Trinajstić information content (AvgIpc) is 3.37. The molecule has 5 rings (SSSR count). The van der Waals surface area contributed by atoms with Crippen LogP contribution in [-0.4, -0.2) is 51.0 Å². The number of benzene rings is 1. The second-order valence-corrected chi connectivity index (χ2v) is 8.90. The third-order valence-electron chi connectivity index (χ3n) is 6.45. The van der Waals surface area contributed by atoms with Crippen LogP contribution in [0.4, 0.5) is 0 Å². The zero-order chi connectivity index (χ0) is 23.5. The lowest BCUT2D eigenvalue weighted by atomic mass is 9.99. The van der Waals surface area contributed by atoms with Gasteiger partial charge >= 0.3 is 6.01 Å². The van der Waals surface area contributed by atoms with E-state index in [1.807, 2.05) is 47.1 Å². The molecule has 0 N–H and O–H groups in total. The van der Waals surface area contributed by atoms with E-state index in [1.54, 1.807) is 6.20 Å². The molecule has 0 bridgehead atoms. The van der Waals surface area contributed by atoms with Crippen LogP contribution < -0.4 is 4.74 Å². The van der Waals surface area contributed by atoms with E-state index in [0.29, 0.717) is 24.1 Å². The highest BCUT2D eigenvalue weighted by atomic mass is 16.5. The molecule has 4 heterocycles. The molecule has 7 heteroatoms. The number of aryl methyl sites for hydroxylation is 1. The summed E-state index contributed by atoms with van der Waals surface area (Å²) in [6.07, 6.45) is 8.78. The smallest absolute Gasteiger partial charge is 0.302 e. The van der Waals surface area contributed by atoms with Gasteiger partial charge in [0.2, 0.25) is 0 Å². The summed E-state index contributed by atoms with van der Waals surface area (Å²) in [5.74, 6) is 0.475. The highest BCUT2D eigenvalue weighted by molar-refractivity contribution is 5.90. The van der Waals surface area contributed by atoms with Crippen molar-refractivity contribution in [3.63, 3.8) is 0 Å². The number of hydrogen-bond acceptors (Lipinski definition) is 6. The van der Waals surface area contributed by atoms with Crippen LogP contribution in [0.25, 0.3) is 28.0 Å². The van der Waals surface area contributed by atoms with E-state index in [2.05, 4.69) is 41.0 Å². The zero-order valence-corrected chi connectivity index (χ0v) is 19.6. The molecular weight excluding hydrogens is 424 g/mol. The lowest BCUT2D eigenvalue weighted by Crippen LogP contribution is -2.35. The Hall–Kier alpha value is -3.76. The van der Waals surface area contributed by atoms with Gasteiger partial charge < -0.3 is 9.64 Å². The van der Waals surface area contributed by atoms with Crippen molar-refractivity contribution in [2.75, 3.05) is 26.7 Å². The van der Waals surface area contributed by atoms with Crippen molar-refractivity contribution in [1.29, 1.82) is 5.26 Å². The van der Waals surface area contributed by atoms with Gasteiger partial charge in [0.15, 0.2) is 5.65 Å². The molecule has 4 aromatic rings. The van der Waals surface area contributed by atoms with Crippen LogP contribution >= 0.6 is 0 Å². The molecule has 1 aromatic carbocycles. The fraction of sp³-hybridized carbons (Fsp3) is 0.333. The second kappa shape index (κ2) is 9.62. The summed E-state index contributed by atoms with van der Waals surface area (Å²) in [6.45, 7) is 4.88. The van der Waals surface area contributed by atoms with Gasteiger partial charge in [-0.05, 0) is 51.1 Å². The first kappa shape index (κ1) is 22.1. The van der Waals surface area contributed by atoms with E-state index in [4.69, 9.17) is 9.72 Å². The lowest BCUT2D eigenvalue weighted by molar-refractivity contribution is 0.143. The molecular formula is C27H28N6O. The van der Waals surface area contributed by atoms with Gasteiger partial charge in [0.25, 0.3) is 0 Å². The maximum absolute atomic E-state index is 9.24. The number of imidazole rings is 1. The van der Waals surface area contributed by atoms with E-state index >= 15 is 0 Å². The lowest BCUT2D eigenvalue weighted by Gasteiger charge is -2.29. The normalized spacial score (nSPS) is 16.4. The summed E-state index contributed by atoms with van der Waals surface area (Å²) in [5, 5.41) is 9.24. The van der Waals surface area contributed by atoms with Gasteiger partial charge in [-0.3, -0.25) is 9.38 Å². The summed E-state index contributed by atoms with van der Waals surface area (Å²) < 4.78 is 8.24. The minimum atomic E-state index is 0.475. The van der Waals surface area contributed by atoms with Crippen molar-refractivity contribution >= 4 is 5.65 Å². The van der Waals surface area contributed by atoms with Crippen LogP contribution in [0.5, 0.6) is 6.01 Å². The highest BCUT2D eigenvalue weighted by Crippen LogP contribution is 2.36. The molecule has 0 saturated carbocycles. The molecule has 3 aromatic heterocycles. The van der Waals surface area contributed by atoms with Crippen molar-refractivity contribution in [3.8, 4) is 34.5 Å². The molecule has 1 saturated heterocycles. The Morgan fingerprint density at radius 2 is 1.94 bits per heavy atom. The van der Waals surface area contributed by atoms with Crippen molar-refractivity contribution in [1.82, 2.24) is 24.3 Å². The summed E-state index contributed by atoms with van der Waals surface area (Å²) in [7, 11) is 2.16. The van der Waals surface area contributed by atoms with Crippen LogP contribution in [0.15, 0.2) is 55.0 Å². The van der Waals surface area contributed by atoms with Gasteiger partial charge in [-0.15, -0.1) is 0 Å². The monoisotopic (exact) mass is 452 g/mol. The van der Waals surface area contributed by atoms with E-state index < -0.39 is 0 Å². The summed E-state index contributed by atoms with van der Waals surface area (Å²) in [5.41, 5.74) is 5.94. The Bertz CT molecular complexity index is 1320. The summed E-state index contributed by atoms with van der Waals surface area (Å²) in [4.78, 5) is 16.6. The van der Waals surface area contributed by atoms with Gasteiger partial charge in [-0.1, -0.05) is 25.1 Å². The second-order valence-electron chi connectivity index (χ2n) is 8.90. The third-order valence-corrected chi connectivity index (χ3v) is 6.45. The van der Waals surface area contributed by atoms with Crippen LogP contribution in [0.2, 0.25) is 0 Å². The molecule has 0 amide bonds. The average molecular weight is 453 g/mol. The van der Waals surface area contributed by atoms with E-state index in [-0.39, 0.29) is 0 Å². The van der Waals surface area contributed by atoms with Crippen molar-refractivity contribution in [2.24, 2.45) is 5.92 Å². The maximum Gasteiger partial charge on any atom is 0.302 e. The first-order valence-corrected chi connectivity index (χ1v) is 11.8. The quantitative estimate of drug-likeness (QED) is 0.425. The predicted octanol–water partition coefficient (Wildman–Crippen LogP) is 4.61. The topological polar surface area (TPSA) is 79.3 Å². The molecule has 1 atom stereocenters. The molecule has 7 nitrogen and oxygen atoms in total. The van der Waals surface area contributed by atoms with Gasteiger partial charge in [-0.25, -0.2) is 4.98 Å². The number of rotatable bonds is 6. The molecule has 0 aliphatic carbocycles. The van der Waals surface area contributed by atoms with Crippen molar-refractivity contribution in [3.05, 3.63) is 66.2 Å². The number of piperidine rings is 1. The first-order chi connectivity index (χ1) is 16.7. The Labute approximate surface area is 199 Å². The minimum absolute atomic E-state index is 0.475. The SMILES string of the molecule is CCc1ccc(-c2c(-c3ccc(C#N)cc3)nc(OC[C@@H]3CCCN(C)C3)n3ccnc23)cn1. The number of nitriles is 1. The first-order valence-electron chi connectivity index (χ1n) is 11.8. The van der Waals surface area contributed by atoms with Crippen LogP contribution in [0.1, 0.15) is 31.0 Å². The van der Waals surface area contributed by atoms with E-state index in [1.165, 1.54) is 6.42 Å². The number of pyridine rings is 1. The molecule has 0 spiro atoms. The number of fused-ring (bicyclic) bond motifs is 1. The van der Waals surface area contributed by atoms with Crippen molar-refractivity contribution < 1.29 is 4.74 Å². The maximum atomic E-state index is 9.24. The van der Waals surface area contributed by atoms with Gasteiger partial charge in [0.1, 0.15) is 0 Å². The van der Waals surface area contributed by atoms with Crippen molar-refractivity contribution in [2.45, 2.75) is 26.2 Å². The Balaban J connectivity index is 1.61. The van der Waals surface area contributed by atoms with Gasteiger partial charge in [0.05, 0.1) is 29.5 Å². The fourth-order valence-corrected chi connectivity index (χ4v) is 4.62. The highest BCUT2D eigenvalue weighted by Gasteiger charge is 2.22. The van der Waals surface area contributed by atoms with Gasteiger partial charge in [-0.2, -0.15) is 10.2 Å².